The molecular formula is C24H46O7. The third-order valence-corrected chi connectivity index (χ3v) is 6.31. The average molecular weight is 447 g/mol. The molecule has 0 spiro atoms. The molecule has 1 rings (SSSR count). The van der Waals surface area contributed by atoms with Crippen molar-refractivity contribution in [2.45, 2.75) is 140 Å². The molecule has 1 aliphatic rings. The summed E-state index contributed by atoms with van der Waals surface area (Å²) in [5.74, 6) is -2.57. The number of aliphatic hydroxyl groups is 5. The Hall–Kier alpha value is -0.570. The maximum absolute atomic E-state index is 12.2. The van der Waals surface area contributed by atoms with Crippen molar-refractivity contribution >= 4 is 5.78 Å². The Balaban J connectivity index is 2.06. The first-order valence-electron chi connectivity index (χ1n) is 12.4. The molecule has 0 aromatic carbocycles. The van der Waals surface area contributed by atoms with E-state index in [2.05, 4.69) is 6.92 Å². The van der Waals surface area contributed by atoms with Crippen LogP contribution in [0.3, 0.4) is 0 Å². The van der Waals surface area contributed by atoms with E-state index >= 15 is 0 Å². The van der Waals surface area contributed by atoms with Crippen molar-refractivity contribution in [1.29, 1.82) is 0 Å². The van der Waals surface area contributed by atoms with E-state index in [9.17, 15) is 30.3 Å². The molecule has 5 atom stereocenters. The predicted octanol–water partition coefficient (Wildman–Crippen LogP) is 2.98. The van der Waals surface area contributed by atoms with Crippen LogP contribution in [0.2, 0.25) is 0 Å². The summed E-state index contributed by atoms with van der Waals surface area (Å²) in [5.41, 5.74) is 0. The van der Waals surface area contributed by atoms with Crippen molar-refractivity contribution in [3.05, 3.63) is 0 Å². The third kappa shape index (κ3) is 10.7. The lowest BCUT2D eigenvalue weighted by Crippen LogP contribution is -2.65. The van der Waals surface area contributed by atoms with Gasteiger partial charge in [0.25, 0.3) is 0 Å². The molecule has 5 N–H and O–H groups in total. The van der Waals surface area contributed by atoms with E-state index in [0.29, 0.717) is 6.42 Å². The molecule has 0 amide bonds. The molecule has 0 aromatic heterocycles. The van der Waals surface area contributed by atoms with Crippen LogP contribution in [-0.4, -0.2) is 68.1 Å². The highest BCUT2D eigenvalue weighted by Gasteiger charge is 2.53. The summed E-state index contributed by atoms with van der Waals surface area (Å²) in [5, 5.41) is 49.2. The van der Waals surface area contributed by atoms with Gasteiger partial charge in [-0.2, -0.15) is 0 Å². The predicted molar refractivity (Wildman–Crippen MR) is 119 cm³/mol. The third-order valence-electron chi connectivity index (χ3n) is 6.31. The molecule has 0 unspecified atom stereocenters. The molecule has 0 radical (unpaired) electrons. The normalized spacial score (nSPS) is 28.7. The van der Waals surface area contributed by atoms with Crippen molar-refractivity contribution in [1.82, 2.24) is 0 Å². The Morgan fingerprint density at radius 3 is 1.68 bits per heavy atom. The molecular weight excluding hydrogens is 400 g/mol. The maximum Gasteiger partial charge on any atom is 0.202 e. The molecule has 1 saturated heterocycles. The second kappa shape index (κ2) is 16.1. The first-order chi connectivity index (χ1) is 14.9. The Morgan fingerprint density at radius 1 is 0.774 bits per heavy atom. The number of unbranched alkanes of at least 4 members (excludes halogenated alkanes) is 13. The fourth-order valence-electron chi connectivity index (χ4n) is 4.25. The van der Waals surface area contributed by atoms with Crippen LogP contribution in [0.25, 0.3) is 0 Å². The van der Waals surface area contributed by atoms with Gasteiger partial charge in [-0.1, -0.05) is 90.4 Å². The number of carbonyl (C=O) groups excluding carboxylic acids is 1. The Bertz CT molecular complexity index is 471. The van der Waals surface area contributed by atoms with E-state index in [1.54, 1.807) is 0 Å². The molecule has 1 aliphatic heterocycles. The highest BCUT2D eigenvalue weighted by Crippen LogP contribution is 2.31. The minimum atomic E-state index is -2.29. The zero-order valence-electron chi connectivity index (χ0n) is 19.4. The smallest absolute Gasteiger partial charge is 0.202 e. The molecule has 184 valence electrons. The minimum absolute atomic E-state index is 0.263. The topological polar surface area (TPSA) is 127 Å². The standard InChI is InChI=1S/C24H46O7/c1-2-3-4-5-6-7-8-9-10-11-12-13-14-15-16-19(26)17-24(30)23(29)22(28)21(27)20(18-25)31-24/h20-23,25,27-30H,2-18H2,1H3/t20-,21-,22+,23+,24+/m1/s1. The molecule has 1 fully saturated rings. The van der Waals surface area contributed by atoms with Gasteiger partial charge in [0.05, 0.1) is 13.0 Å². The molecule has 7 nitrogen and oxygen atoms in total. The van der Waals surface area contributed by atoms with Gasteiger partial charge in [-0.25, -0.2) is 0 Å². The molecule has 0 bridgehead atoms. The van der Waals surface area contributed by atoms with Crippen LogP contribution in [-0.2, 0) is 9.53 Å². The number of hydrogen-bond acceptors (Lipinski definition) is 7. The molecule has 7 heteroatoms. The quantitative estimate of drug-likeness (QED) is 0.205. The Labute approximate surface area is 187 Å². The van der Waals surface area contributed by atoms with Gasteiger partial charge in [0, 0.05) is 6.42 Å². The average Bonchev–Trinajstić information content (AvgIpc) is 2.75. The number of ether oxygens (including phenoxy) is 1. The first-order valence-corrected chi connectivity index (χ1v) is 12.4. The van der Waals surface area contributed by atoms with Crippen LogP contribution in [0, 0.1) is 0 Å². The van der Waals surface area contributed by atoms with Gasteiger partial charge >= 0.3 is 0 Å². The summed E-state index contributed by atoms with van der Waals surface area (Å²) in [7, 11) is 0. The van der Waals surface area contributed by atoms with Gasteiger partial charge in [-0.05, 0) is 6.42 Å². The minimum Gasteiger partial charge on any atom is -0.394 e. The lowest BCUT2D eigenvalue weighted by Gasteiger charge is -2.45. The van der Waals surface area contributed by atoms with Crippen LogP contribution >= 0.6 is 0 Å². The van der Waals surface area contributed by atoms with Crippen molar-refractivity contribution in [2.24, 2.45) is 0 Å². The Kier molecular flexibility index (Phi) is 14.8. The van der Waals surface area contributed by atoms with Crippen LogP contribution in [0.4, 0.5) is 0 Å². The summed E-state index contributed by atoms with van der Waals surface area (Å²) in [6, 6.07) is 0. The van der Waals surface area contributed by atoms with Gasteiger partial charge in [0.15, 0.2) is 0 Å². The summed E-state index contributed by atoms with van der Waals surface area (Å²) in [4.78, 5) is 12.2. The van der Waals surface area contributed by atoms with E-state index in [-0.39, 0.29) is 12.2 Å². The Morgan fingerprint density at radius 2 is 1.23 bits per heavy atom. The van der Waals surface area contributed by atoms with Crippen molar-refractivity contribution < 1.29 is 35.1 Å². The highest BCUT2D eigenvalue weighted by atomic mass is 16.7. The second-order valence-corrected chi connectivity index (χ2v) is 9.17. The van der Waals surface area contributed by atoms with E-state index in [4.69, 9.17) is 4.74 Å². The van der Waals surface area contributed by atoms with Gasteiger partial charge in [-0.15, -0.1) is 0 Å². The summed E-state index contributed by atoms with van der Waals surface area (Å²) >= 11 is 0. The lowest BCUT2D eigenvalue weighted by molar-refractivity contribution is -0.347. The zero-order valence-corrected chi connectivity index (χ0v) is 19.4. The van der Waals surface area contributed by atoms with Crippen molar-refractivity contribution in [3.63, 3.8) is 0 Å². The lowest BCUT2D eigenvalue weighted by atomic mass is 9.89. The molecule has 0 saturated carbocycles. The highest BCUT2D eigenvalue weighted by molar-refractivity contribution is 5.79. The molecule has 0 aromatic rings. The number of aliphatic hydroxyl groups excluding tert-OH is 4. The first kappa shape index (κ1) is 28.5. The number of Topliss-reactive ketones (excluding diaryl/α,β-unsaturated/α-hetero) is 1. The zero-order chi connectivity index (χ0) is 23.1. The fraction of sp³-hybridized carbons (Fsp3) is 0.958. The van der Waals surface area contributed by atoms with Gasteiger partial charge < -0.3 is 30.3 Å². The maximum atomic E-state index is 12.2. The van der Waals surface area contributed by atoms with E-state index in [1.807, 2.05) is 0 Å². The second-order valence-electron chi connectivity index (χ2n) is 9.17. The van der Waals surface area contributed by atoms with E-state index in [0.717, 1.165) is 12.8 Å². The number of hydrogen-bond donors (Lipinski definition) is 5. The van der Waals surface area contributed by atoms with Crippen LogP contribution < -0.4 is 0 Å². The largest absolute Gasteiger partial charge is 0.394 e. The van der Waals surface area contributed by atoms with E-state index < -0.39 is 43.2 Å². The van der Waals surface area contributed by atoms with Crippen LogP contribution in [0.15, 0.2) is 0 Å². The van der Waals surface area contributed by atoms with Crippen LogP contribution in [0.1, 0.15) is 110 Å². The number of carbonyl (C=O) groups is 1. The van der Waals surface area contributed by atoms with Crippen molar-refractivity contribution in [3.8, 4) is 0 Å². The monoisotopic (exact) mass is 446 g/mol. The summed E-state index contributed by atoms with van der Waals surface area (Å²) < 4.78 is 5.14. The van der Waals surface area contributed by atoms with E-state index in [1.165, 1.54) is 70.6 Å². The van der Waals surface area contributed by atoms with Crippen molar-refractivity contribution in [2.75, 3.05) is 6.61 Å². The summed E-state index contributed by atoms with van der Waals surface area (Å²) in [6.45, 7) is 1.60. The van der Waals surface area contributed by atoms with Crippen LogP contribution in [0.5, 0.6) is 0 Å². The molecule has 1 heterocycles. The number of rotatable bonds is 18. The fourth-order valence-corrected chi connectivity index (χ4v) is 4.25. The molecule has 31 heavy (non-hydrogen) atoms. The van der Waals surface area contributed by atoms with Gasteiger partial charge in [0.1, 0.15) is 30.2 Å². The SMILES string of the molecule is CCCCCCCCCCCCCCCCC(=O)C[C@]1(O)O[C@H](CO)[C@@H](O)[C@H](O)[C@@H]1O. The number of ketones is 1. The summed E-state index contributed by atoms with van der Waals surface area (Å²) in [6.07, 6.45) is 10.7. The van der Waals surface area contributed by atoms with Gasteiger partial charge in [-0.3, -0.25) is 4.79 Å². The van der Waals surface area contributed by atoms with Gasteiger partial charge in [0.2, 0.25) is 5.79 Å². The molecule has 0 aliphatic carbocycles.